The van der Waals surface area contributed by atoms with Crippen LogP contribution in [0.2, 0.25) is 5.02 Å². The highest BCUT2D eigenvalue weighted by atomic mass is 35.5. The van der Waals surface area contributed by atoms with Crippen LogP contribution in [0.5, 0.6) is 5.88 Å². The molecule has 0 N–H and O–H groups in total. The van der Waals surface area contributed by atoms with Gasteiger partial charge in [-0.05, 0) is 58.7 Å². The van der Waals surface area contributed by atoms with Crippen molar-refractivity contribution in [2.24, 2.45) is 5.41 Å². The number of ether oxygens (including phenoxy) is 1. The Morgan fingerprint density at radius 1 is 1.33 bits per heavy atom. The molecular weight excluding hydrogens is 331 g/mol. The van der Waals surface area contributed by atoms with Gasteiger partial charge in [0.05, 0.1) is 17.8 Å². The van der Waals surface area contributed by atoms with E-state index in [-0.39, 0.29) is 5.41 Å². The standard InChI is InChI=1S/C17H22BClFNO3/c1-15(2)16(3,4)24-18(23-15)13(20)10-17(7-8-17)11-22-14-12(19)6-5-9-21-14/h5-6,9-10H,7-8,11H2,1-4H3. The Morgan fingerprint density at radius 2 is 1.96 bits per heavy atom. The molecule has 4 nitrogen and oxygen atoms in total. The summed E-state index contributed by atoms with van der Waals surface area (Å²) in [6.45, 7) is 7.94. The van der Waals surface area contributed by atoms with Gasteiger partial charge < -0.3 is 14.0 Å². The smallest absolute Gasteiger partial charge is 0.476 e. The summed E-state index contributed by atoms with van der Waals surface area (Å²) in [4.78, 5) is 4.09. The molecule has 1 saturated carbocycles. The third-order valence-electron chi connectivity index (χ3n) is 5.04. The summed E-state index contributed by atoms with van der Waals surface area (Å²) in [6.07, 6.45) is 4.89. The van der Waals surface area contributed by atoms with E-state index in [1.54, 1.807) is 24.4 Å². The van der Waals surface area contributed by atoms with Crippen molar-refractivity contribution in [3.63, 3.8) is 0 Å². The molecule has 2 heterocycles. The zero-order valence-corrected chi connectivity index (χ0v) is 15.2. The summed E-state index contributed by atoms with van der Waals surface area (Å²) in [7, 11) is -0.967. The van der Waals surface area contributed by atoms with Gasteiger partial charge in [0.15, 0.2) is 0 Å². The van der Waals surface area contributed by atoms with E-state index in [4.69, 9.17) is 25.6 Å². The Bertz CT molecular complexity index is 645. The molecule has 7 heteroatoms. The van der Waals surface area contributed by atoms with Gasteiger partial charge in [0, 0.05) is 11.6 Å². The maximum Gasteiger partial charge on any atom is 0.524 e. The minimum absolute atomic E-state index is 0.330. The molecule has 0 bridgehead atoms. The van der Waals surface area contributed by atoms with Crippen molar-refractivity contribution >= 4 is 18.7 Å². The summed E-state index contributed by atoms with van der Waals surface area (Å²) in [5, 5.41) is 0.448. The van der Waals surface area contributed by atoms with Gasteiger partial charge in [-0.1, -0.05) is 11.6 Å². The molecule has 0 atom stereocenters. The zero-order valence-electron chi connectivity index (χ0n) is 14.4. The molecular formula is C17H22BClFNO3. The van der Waals surface area contributed by atoms with Crippen molar-refractivity contribution in [3.05, 3.63) is 35.2 Å². The van der Waals surface area contributed by atoms with Crippen LogP contribution in [-0.2, 0) is 9.31 Å². The van der Waals surface area contributed by atoms with Crippen LogP contribution in [0.1, 0.15) is 40.5 Å². The maximum atomic E-state index is 14.6. The zero-order chi connectivity index (χ0) is 17.6. The van der Waals surface area contributed by atoms with Crippen LogP contribution in [0, 0.1) is 5.41 Å². The van der Waals surface area contributed by atoms with Gasteiger partial charge in [0.1, 0.15) is 10.7 Å². The Morgan fingerprint density at radius 3 is 2.50 bits per heavy atom. The average Bonchev–Trinajstić information content (AvgIpc) is 3.20. The summed E-state index contributed by atoms with van der Waals surface area (Å²) in [5.74, 6) is 0.370. The molecule has 24 heavy (non-hydrogen) atoms. The van der Waals surface area contributed by atoms with Crippen LogP contribution in [0.15, 0.2) is 30.1 Å². The predicted molar refractivity (Wildman–Crippen MR) is 91.7 cm³/mol. The fraction of sp³-hybridized carbons (Fsp3) is 0.588. The highest BCUT2D eigenvalue weighted by molar-refractivity contribution is 6.53. The third kappa shape index (κ3) is 3.46. The van der Waals surface area contributed by atoms with Crippen molar-refractivity contribution in [2.75, 3.05) is 6.61 Å². The minimum atomic E-state index is -0.967. The lowest BCUT2D eigenvalue weighted by molar-refractivity contribution is 0.00578. The second-order valence-corrected chi connectivity index (χ2v) is 7.97. The third-order valence-corrected chi connectivity index (χ3v) is 5.32. The van der Waals surface area contributed by atoms with Gasteiger partial charge in [-0.25, -0.2) is 9.37 Å². The van der Waals surface area contributed by atoms with Crippen molar-refractivity contribution in [2.45, 2.75) is 51.7 Å². The van der Waals surface area contributed by atoms with Crippen LogP contribution >= 0.6 is 11.6 Å². The van der Waals surface area contributed by atoms with Crippen molar-refractivity contribution in [1.82, 2.24) is 4.98 Å². The molecule has 0 spiro atoms. The van der Waals surface area contributed by atoms with Crippen LogP contribution < -0.4 is 4.74 Å². The van der Waals surface area contributed by atoms with Crippen molar-refractivity contribution in [1.29, 1.82) is 0 Å². The average molecular weight is 354 g/mol. The fourth-order valence-electron chi connectivity index (χ4n) is 2.50. The minimum Gasteiger partial charge on any atom is -0.476 e. The summed E-state index contributed by atoms with van der Waals surface area (Å²) in [6, 6.07) is 3.45. The molecule has 0 radical (unpaired) electrons. The van der Waals surface area contributed by atoms with E-state index in [1.165, 1.54) is 0 Å². The Hall–Kier alpha value is -1.11. The largest absolute Gasteiger partial charge is 0.524 e. The summed E-state index contributed by atoms with van der Waals surface area (Å²) in [5.41, 5.74) is -1.86. The van der Waals surface area contributed by atoms with Gasteiger partial charge in [-0.3, -0.25) is 0 Å². The van der Waals surface area contributed by atoms with E-state index in [9.17, 15) is 4.39 Å². The van der Waals surface area contributed by atoms with E-state index < -0.39 is 24.0 Å². The SMILES string of the molecule is CC1(C)OB(C(F)=CC2(COc3ncccc3Cl)CC2)OC1(C)C. The maximum absolute atomic E-state index is 14.6. The van der Waals surface area contributed by atoms with E-state index in [0.29, 0.717) is 17.5 Å². The highest BCUT2D eigenvalue weighted by Crippen LogP contribution is 2.49. The van der Waals surface area contributed by atoms with Crippen LogP contribution in [0.4, 0.5) is 4.39 Å². The van der Waals surface area contributed by atoms with Crippen LogP contribution in [0.25, 0.3) is 0 Å². The topological polar surface area (TPSA) is 40.6 Å². The van der Waals surface area contributed by atoms with Crippen LogP contribution in [0.3, 0.4) is 0 Å². The monoisotopic (exact) mass is 353 g/mol. The van der Waals surface area contributed by atoms with Gasteiger partial charge >= 0.3 is 7.12 Å². The Kier molecular flexibility index (Phi) is 4.43. The van der Waals surface area contributed by atoms with Crippen molar-refractivity contribution < 1.29 is 18.4 Å². The Balaban J connectivity index is 1.66. The second kappa shape index (κ2) is 6.01. The summed E-state index contributed by atoms with van der Waals surface area (Å²) >= 11 is 6.03. The number of pyridine rings is 1. The molecule has 130 valence electrons. The Labute approximate surface area is 147 Å². The predicted octanol–water partition coefficient (Wildman–Crippen LogP) is 4.38. The molecule has 0 aromatic carbocycles. The molecule has 0 amide bonds. The molecule has 0 unspecified atom stereocenters. The number of hydrogen-bond donors (Lipinski definition) is 0. The number of nitrogens with zero attached hydrogens (tertiary/aromatic N) is 1. The molecule has 1 saturated heterocycles. The number of halogens is 2. The fourth-order valence-corrected chi connectivity index (χ4v) is 2.67. The summed E-state index contributed by atoms with van der Waals surface area (Å²) < 4.78 is 31.8. The molecule has 1 aliphatic heterocycles. The molecule has 1 aromatic rings. The number of aromatic nitrogens is 1. The van der Waals surface area contributed by atoms with E-state index in [1.807, 2.05) is 27.7 Å². The first-order valence-electron chi connectivity index (χ1n) is 8.11. The lowest BCUT2D eigenvalue weighted by atomic mass is 9.85. The second-order valence-electron chi connectivity index (χ2n) is 7.56. The van der Waals surface area contributed by atoms with Gasteiger partial charge in [0.2, 0.25) is 5.88 Å². The molecule has 1 aliphatic carbocycles. The first-order valence-corrected chi connectivity index (χ1v) is 8.49. The van der Waals surface area contributed by atoms with Gasteiger partial charge in [0.25, 0.3) is 0 Å². The van der Waals surface area contributed by atoms with Gasteiger partial charge in [-0.2, -0.15) is 0 Å². The van der Waals surface area contributed by atoms with Crippen molar-refractivity contribution in [3.8, 4) is 5.88 Å². The lowest BCUT2D eigenvalue weighted by Crippen LogP contribution is -2.41. The molecule has 3 rings (SSSR count). The lowest BCUT2D eigenvalue weighted by Gasteiger charge is -2.32. The van der Waals surface area contributed by atoms with E-state index in [0.717, 1.165) is 12.8 Å². The molecule has 2 fully saturated rings. The van der Waals surface area contributed by atoms with Gasteiger partial charge in [-0.15, -0.1) is 0 Å². The first-order chi connectivity index (χ1) is 11.1. The molecule has 1 aromatic heterocycles. The molecule has 2 aliphatic rings. The number of hydrogen-bond acceptors (Lipinski definition) is 4. The van der Waals surface area contributed by atoms with Crippen LogP contribution in [-0.4, -0.2) is 29.9 Å². The van der Waals surface area contributed by atoms with E-state index in [2.05, 4.69) is 4.98 Å². The quantitative estimate of drug-likeness (QED) is 0.737. The first kappa shape index (κ1) is 17.7. The highest BCUT2D eigenvalue weighted by Gasteiger charge is 2.54. The normalized spacial score (nSPS) is 24.1. The number of rotatable bonds is 5. The van der Waals surface area contributed by atoms with E-state index >= 15 is 0 Å².